The minimum atomic E-state index is -1.06. The van der Waals surface area contributed by atoms with Crippen LogP contribution in [0.25, 0.3) is 11.1 Å². The van der Waals surface area contributed by atoms with Gasteiger partial charge >= 0.3 is 12.1 Å². The summed E-state index contributed by atoms with van der Waals surface area (Å²) in [5, 5.41) is 14.7. The molecule has 2 aromatic carbocycles. The number of benzene rings is 2. The summed E-state index contributed by atoms with van der Waals surface area (Å²) >= 11 is 0. The van der Waals surface area contributed by atoms with Gasteiger partial charge in [-0.2, -0.15) is 0 Å². The van der Waals surface area contributed by atoms with Crippen LogP contribution in [0.4, 0.5) is 4.79 Å². The summed E-state index contributed by atoms with van der Waals surface area (Å²) in [7, 11) is 0. The first-order chi connectivity index (χ1) is 16.6. The number of carbonyl (C=O) groups is 3. The molecule has 35 heavy (non-hydrogen) atoms. The van der Waals surface area contributed by atoms with E-state index in [4.69, 9.17) is 4.74 Å². The molecule has 1 unspecified atom stereocenters. The molecule has 0 saturated carbocycles. The number of carboxylic acids is 1. The van der Waals surface area contributed by atoms with Gasteiger partial charge in [-0.25, -0.2) is 9.59 Å². The first-order valence-corrected chi connectivity index (χ1v) is 12.2. The predicted octanol–water partition coefficient (Wildman–Crippen LogP) is 5.09. The van der Waals surface area contributed by atoms with Crippen LogP contribution in [0.5, 0.6) is 0 Å². The number of carbonyl (C=O) groups excluding carboxylic acids is 2. The lowest BCUT2D eigenvalue weighted by Crippen LogP contribution is -2.45. The molecule has 7 nitrogen and oxygen atoms in total. The second kappa shape index (κ2) is 11.4. The van der Waals surface area contributed by atoms with E-state index in [1.807, 2.05) is 52.0 Å². The van der Waals surface area contributed by atoms with Gasteiger partial charge in [0.2, 0.25) is 5.91 Å². The number of alkyl carbamates (subject to hydrolysis) is 1. The Kier molecular flexibility index (Phi) is 8.54. The first-order valence-electron chi connectivity index (χ1n) is 12.2. The number of aliphatic carboxylic acids is 1. The minimum Gasteiger partial charge on any atom is -0.480 e. The molecular weight excluding hydrogens is 444 g/mol. The van der Waals surface area contributed by atoms with Crippen molar-refractivity contribution >= 4 is 18.0 Å². The van der Waals surface area contributed by atoms with Crippen molar-refractivity contribution in [2.45, 2.75) is 71.4 Å². The van der Waals surface area contributed by atoms with Crippen LogP contribution < -0.4 is 10.6 Å². The molecule has 1 aliphatic carbocycles. The van der Waals surface area contributed by atoms with Gasteiger partial charge in [-0.15, -0.1) is 0 Å². The molecule has 0 fully saturated rings. The normalized spacial score (nSPS) is 14.4. The van der Waals surface area contributed by atoms with Crippen LogP contribution in [-0.2, 0) is 14.3 Å². The lowest BCUT2D eigenvalue weighted by molar-refractivity contribution is -0.142. The van der Waals surface area contributed by atoms with Crippen LogP contribution >= 0.6 is 0 Å². The highest BCUT2D eigenvalue weighted by Crippen LogP contribution is 2.44. The molecule has 3 rings (SSSR count). The smallest absolute Gasteiger partial charge is 0.407 e. The summed E-state index contributed by atoms with van der Waals surface area (Å²) < 4.78 is 5.65. The summed E-state index contributed by atoms with van der Waals surface area (Å²) in [6.45, 7) is 8.12. The first kappa shape index (κ1) is 26.3. The molecule has 1 aliphatic rings. The van der Waals surface area contributed by atoms with E-state index in [1.165, 1.54) is 0 Å². The second-order valence-corrected chi connectivity index (χ2v) is 10.4. The molecule has 2 atom stereocenters. The van der Waals surface area contributed by atoms with E-state index < -0.39 is 30.1 Å². The van der Waals surface area contributed by atoms with Gasteiger partial charge in [0.1, 0.15) is 12.6 Å². The average Bonchev–Trinajstić information content (AvgIpc) is 3.10. The molecule has 3 N–H and O–H groups in total. The fourth-order valence-corrected chi connectivity index (χ4v) is 4.74. The van der Waals surface area contributed by atoms with Crippen molar-refractivity contribution in [1.82, 2.24) is 10.6 Å². The van der Waals surface area contributed by atoms with Crippen molar-refractivity contribution in [3.63, 3.8) is 0 Å². The van der Waals surface area contributed by atoms with Crippen molar-refractivity contribution in [2.24, 2.45) is 5.41 Å². The van der Waals surface area contributed by atoms with Gasteiger partial charge in [-0.3, -0.25) is 4.79 Å². The molecule has 0 spiro atoms. The van der Waals surface area contributed by atoms with Crippen LogP contribution in [0.15, 0.2) is 48.5 Å². The Bertz CT molecular complexity index is 1010. The molecular formula is C28H36N2O5. The highest BCUT2D eigenvalue weighted by Gasteiger charge is 2.30. The fourth-order valence-electron chi connectivity index (χ4n) is 4.74. The Balaban J connectivity index is 1.64. The van der Waals surface area contributed by atoms with E-state index in [0.717, 1.165) is 22.3 Å². The summed E-state index contributed by atoms with van der Waals surface area (Å²) in [5.74, 6) is -1.51. The van der Waals surface area contributed by atoms with Crippen molar-refractivity contribution in [2.75, 3.05) is 6.61 Å². The quantitative estimate of drug-likeness (QED) is 0.439. The highest BCUT2D eigenvalue weighted by molar-refractivity contribution is 5.84. The lowest BCUT2D eigenvalue weighted by Gasteiger charge is -2.27. The topological polar surface area (TPSA) is 105 Å². The van der Waals surface area contributed by atoms with Gasteiger partial charge in [0.15, 0.2) is 0 Å². The number of ether oxygens (including phenoxy) is 1. The Hall–Kier alpha value is -3.35. The van der Waals surface area contributed by atoms with Crippen LogP contribution in [0, 0.1) is 5.41 Å². The Morgan fingerprint density at radius 3 is 2.06 bits per heavy atom. The molecule has 0 aromatic heterocycles. The Morgan fingerprint density at radius 1 is 0.971 bits per heavy atom. The monoisotopic (exact) mass is 480 g/mol. The summed E-state index contributed by atoms with van der Waals surface area (Å²) in [6.07, 6.45) is 0.925. The van der Waals surface area contributed by atoms with Crippen molar-refractivity contribution in [3.05, 3.63) is 59.7 Å². The lowest BCUT2D eigenvalue weighted by atomic mass is 9.87. The molecule has 0 radical (unpaired) electrons. The van der Waals surface area contributed by atoms with E-state index in [2.05, 4.69) is 34.9 Å². The largest absolute Gasteiger partial charge is 0.480 e. The van der Waals surface area contributed by atoms with Gasteiger partial charge in [0, 0.05) is 18.4 Å². The molecule has 2 aromatic rings. The number of hydrogen-bond donors (Lipinski definition) is 3. The molecule has 2 amide bonds. The number of hydrogen-bond acceptors (Lipinski definition) is 4. The zero-order chi connectivity index (χ0) is 25.6. The summed E-state index contributed by atoms with van der Waals surface area (Å²) in [4.78, 5) is 36.8. The van der Waals surface area contributed by atoms with Crippen molar-refractivity contribution < 1.29 is 24.2 Å². The number of fused-ring (bicyclic) bond motifs is 3. The number of rotatable bonds is 10. The van der Waals surface area contributed by atoms with Gasteiger partial charge in [0.05, 0.1) is 0 Å². The maximum Gasteiger partial charge on any atom is 0.407 e. The van der Waals surface area contributed by atoms with Crippen molar-refractivity contribution in [1.29, 1.82) is 0 Å². The summed E-state index contributed by atoms with van der Waals surface area (Å²) in [5.41, 5.74) is 4.40. The zero-order valence-electron chi connectivity index (χ0n) is 21.0. The third kappa shape index (κ3) is 7.07. The van der Waals surface area contributed by atoms with E-state index in [-0.39, 0.29) is 24.4 Å². The molecule has 0 heterocycles. The average molecular weight is 481 g/mol. The zero-order valence-corrected chi connectivity index (χ0v) is 21.0. The maximum absolute atomic E-state index is 12.8. The van der Waals surface area contributed by atoms with Crippen LogP contribution in [0.3, 0.4) is 0 Å². The number of amides is 2. The van der Waals surface area contributed by atoms with Gasteiger partial charge in [-0.1, -0.05) is 82.6 Å². The highest BCUT2D eigenvalue weighted by atomic mass is 16.5. The van der Waals surface area contributed by atoms with E-state index >= 15 is 0 Å². The second-order valence-electron chi connectivity index (χ2n) is 10.4. The Labute approximate surface area is 207 Å². The number of carboxylic acid groups (broad SMARTS) is 1. The Morgan fingerprint density at radius 2 is 1.54 bits per heavy atom. The molecule has 0 aliphatic heterocycles. The van der Waals surface area contributed by atoms with Crippen LogP contribution in [0.1, 0.15) is 70.4 Å². The van der Waals surface area contributed by atoms with Gasteiger partial charge in [0.25, 0.3) is 0 Å². The standard InChI is InChI=1S/C28H36N2O5/c1-5-10-24(26(32)33)30-25(31)15-18(16-28(2,3)4)29-27(34)35-17-23-21-13-8-6-11-19(21)20-12-7-9-14-22(20)23/h6-9,11-14,18,23-24H,5,10,15-17H2,1-4H3,(H,29,34)(H,30,31)(H,32,33)/t18?,24-/m1/s1. The molecule has 7 heteroatoms. The van der Waals surface area contributed by atoms with E-state index in [9.17, 15) is 19.5 Å². The predicted molar refractivity (Wildman–Crippen MR) is 135 cm³/mol. The van der Waals surface area contributed by atoms with Gasteiger partial charge < -0.3 is 20.5 Å². The van der Waals surface area contributed by atoms with Crippen molar-refractivity contribution in [3.8, 4) is 11.1 Å². The van der Waals surface area contributed by atoms with Crippen LogP contribution in [-0.4, -0.2) is 41.8 Å². The molecule has 188 valence electrons. The maximum atomic E-state index is 12.8. The third-order valence-corrected chi connectivity index (χ3v) is 6.17. The van der Waals surface area contributed by atoms with Gasteiger partial charge in [-0.05, 0) is 40.5 Å². The number of nitrogens with one attached hydrogen (secondary N) is 2. The molecule has 0 saturated heterocycles. The molecule has 0 bridgehead atoms. The fraction of sp³-hybridized carbons (Fsp3) is 0.464. The SMILES string of the molecule is CCC[C@@H](NC(=O)CC(CC(C)(C)C)NC(=O)OCC1c2ccccc2-c2ccccc21)C(=O)O. The van der Waals surface area contributed by atoms with E-state index in [1.54, 1.807) is 0 Å². The van der Waals surface area contributed by atoms with Crippen LogP contribution in [0.2, 0.25) is 0 Å². The van der Waals surface area contributed by atoms with E-state index in [0.29, 0.717) is 19.3 Å². The third-order valence-electron chi connectivity index (χ3n) is 6.17. The minimum absolute atomic E-state index is 0.0189. The summed E-state index contributed by atoms with van der Waals surface area (Å²) in [6, 6.07) is 14.8.